The Morgan fingerprint density at radius 2 is 1.96 bits per heavy atom. The fraction of sp³-hybridized carbons (Fsp3) is 0.158. The maximum atomic E-state index is 13.5. The van der Waals surface area contributed by atoms with Crippen molar-refractivity contribution in [3.8, 4) is 0 Å². The SMILES string of the molecule is O=C(COC(=O)c1cc2cc([N+](=O)[O-])ccc2s1)NCCc1ccccc1F. The van der Waals surface area contributed by atoms with Gasteiger partial charge in [-0.05, 0) is 30.2 Å². The van der Waals surface area contributed by atoms with Crippen molar-refractivity contribution < 1.29 is 23.6 Å². The molecule has 0 unspecified atom stereocenters. The number of hydrogen-bond donors (Lipinski definition) is 1. The second-order valence-corrected chi connectivity index (χ2v) is 6.94. The molecule has 9 heteroatoms. The summed E-state index contributed by atoms with van der Waals surface area (Å²) in [6, 6.07) is 12.1. The number of nitrogens with one attached hydrogen (secondary N) is 1. The zero-order valence-electron chi connectivity index (χ0n) is 14.5. The average Bonchev–Trinajstić information content (AvgIpc) is 3.11. The highest BCUT2D eigenvalue weighted by Crippen LogP contribution is 2.29. The second-order valence-electron chi connectivity index (χ2n) is 5.86. The molecule has 2 aromatic carbocycles. The van der Waals surface area contributed by atoms with Gasteiger partial charge in [0.1, 0.15) is 10.7 Å². The van der Waals surface area contributed by atoms with Gasteiger partial charge < -0.3 is 10.1 Å². The number of amides is 1. The number of carbonyl (C=O) groups is 2. The van der Waals surface area contributed by atoms with Crippen LogP contribution in [0.4, 0.5) is 10.1 Å². The molecule has 3 rings (SSSR count). The highest BCUT2D eigenvalue weighted by molar-refractivity contribution is 7.20. The van der Waals surface area contributed by atoms with Gasteiger partial charge >= 0.3 is 5.97 Å². The summed E-state index contributed by atoms with van der Waals surface area (Å²) in [4.78, 5) is 34.4. The van der Waals surface area contributed by atoms with Crippen LogP contribution in [0.15, 0.2) is 48.5 Å². The van der Waals surface area contributed by atoms with Crippen molar-refractivity contribution in [3.63, 3.8) is 0 Å². The van der Waals surface area contributed by atoms with Crippen molar-refractivity contribution in [2.24, 2.45) is 0 Å². The van der Waals surface area contributed by atoms with E-state index in [4.69, 9.17) is 4.74 Å². The normalized spacial score (nSPS) is 10.6. The number of non-ortho nitro benzene ring substituents is 1. The van der Waals surface area contributed by atoms with Crippen LogP contribution in [0.5, 0.6) is 0 Å². The molecule has 0 bridgehead atoms. The molecule has 0 fully saturated rings. The Balaban J connectivity index is 1.50. The standard InChI is InChI=1S/C19H15FN2O5S/c20-15-4-2-1-3-12(15)7-8-21-18(23)11-27-19(24)17-10-13-9-14(22(25)26)5-6-16(13)28-17/h1-6,9-10H,7-8,11H2,(H,21,23). The van der Waals surface area contributed by atoms with Crippen LogP contribution >= 0.6 is 11.3 Å². The van der Waals surface area contributed by atoms with Gasteiger partial charge in [0.2, 0.25) is 0 Å². The molecule has 3 aromatic rings. The first-order chi connectivity index (χ1) is 13.4. The molecule has 0 saturated carbocycles. The summed E-state index contributed by atoms with van der Waals surface area (Å²) in [5.41, 5.74) is 0.415. The number of ether oxygens (including phenoxy) is 1. The largest absolute Gasteiger partial charge is 0.451 e. The van der Waals surface area contributed by atoms with Gasteiger partial charge in [0.05, 0.1) is 4.92 Å². The van der Waals surface area contributed by atoms with Crippen molar-refractivity contribution in [1.82, 2.24) is 5.32 Å². The maximum Gasteiger partial charge on any atom is 0.348 e. The minimum absolute atomic E-state index is 0.0700. The second kappa shape index (κ2) is 8.57. The van der Waals surface area contributed by atoms with E-state index in [2.05, 4.69) is 5.32 Å². The van der Waals surface area contributed by atoms with Crippen LogP contribution < -0.4 is 5.32 Å². The smallest absolute Gasteiger partial charge is 0.348 e. The minimum atomic E-state index is -0.687. The summed E-state index contributed by atoms with van der Waals surface area (Å²) >= 11 is 1.12. The third kappa shape index (κ3) is 4.68. The summed E-state index contributed by atoms with van der Waals surface area (Å²) in [5, 5.41) is 13.9. The highest BCUT2D eigenvalue weighted by Gasteiger charge is 2.15. The number of carbonyl (C=O) groups excluding carboxylic acids is 2. The molecule has 1 amide bonds. The number of thiophene rings is 1. The van der Waals surface area contributed by atoms with Crippen LogP contribution in [0.1, 0.15) is 15.2 Å². The summed E-state index contributed by atoms with van der Waals surface area (Å²) < 4.78 is 19.2. The van der Waals surface area contributed by atoms with E-state index in [0.29, 0.717) is 22.1 Å². The first-order valence-corrected chi connectivity index (χ1v) is 9.11. The van der Waals surface area contributed by atoms with Gasteiger partial charge in [0, 0.05) is 28.8 Å². The van der Waals surface area contributed by atoms with Gasteiger partial charge in [-0.15, -0.1) is 11.3 Å². The van der Waals surface area contributed by atoms with E-state index in [-0.39, 0.29) is 22.9 Å². The Morgan fingerprint density at radius 1 is 1.18 bits per heavy atom. The Hall–Kier alpha value is -3.33. The van der Waals surface area contributed by atoms with Crippen LogP contribution in [0.3, 0.4) is 0 Å². The predicted octanol–water partition coefficient (Wildman–Crippen LogP) is 3.46. The molecule has 0 radical (unpaired) electrons. The van der Waals surface area contributed by atoms with Gasteiger partial charge in [0.25, 0.3) is 11.6 Å². The topological polar surface area (TPSA) is 98.5 Å². The van der Waals surface area contributed by atoms with Crippen molar-refractivity contribution >= 4 is 39.0 Å². The van der Waals surface area contributed by atoms with E-state index < -0.39 is 23.4 Å². The summed E-state index contributed by atoms with van der Waals surface area (Å²) in [7, 11) is 0. The summed E-state index contributed by atoms with van der Waals surface area (Å²) in [5.74, 6) is -1.53. The molecule has 0 saturated heterocycles. The Kier molecular flexibility index (Phi) is 5.95. The lowest BCUT2D eigenvalue weighted by molar-refractivity contribution is -0.384. The van der Waals surface area contributed by atoms with Crippen molar-refractivity contribution in [2.45, 2.75) is 6.42 Å². The summed E-state index contributed by atoms with van der Waals surface area (Å²) in [6.45, 7) is -0.256. The van der Waals surface area contributed by atoms with E-state index in [1.807, 2.05) is 0 Å². The lowest BCUT2D eigenvalue weighted by Gasteiger charge is -2.06. The van der Waals surface area contributed by atoms with Crippen LogP contribution in [0.2, 0.25) is 0 Å². The summed E-state index contributed by atoms with van der Waals surface area (Å²) in [6.07, 6.45) is 0.321. The van der Waals surface area contributed by atoms with Crippen LogP contribution in [0.25, 0.3) is 10.1 Å². The molecule has 1 heterocycles. The number of benzene rings is 2. The van der Waals surface area contributed by atoms with E-state index in [0.717, 1.165) is 11.3 Å². The Bertz CT molecular complexity index is 1050. The number of nitrogens with zero attached hydrogens (tertiary/aromatic N) is 1. The molecule has 0 aliphatic carbocycles. The van der Waals surface area contributed by atoms with E-state index in [1.165, 1.54) is 24.3 Å². The Morgan fingerprint density at radius 3 is 2.71 bits per heavy atom. The molecule has 144 valence electrons. The van der Waals surface area contributed by atoms with Gasteiger partial charge in [0.15, 0.2) is 6.61 Å². The van der Waals surface area contributed by atoms with Crippen LogP contribution in [0, 0.1) is 15.9 Å². The molecular weight excluding hydrogens is 387 g/mol. The third-order valence-electron chi connectivity index (χ3n) is 3.92. The number of halogens is 1. The molecule has 28 heavy (non-hydrogen) atoms. The van der Waals surface area contributed by atoms with E-state index in [1.54, 1.807) is 24.3 Å². The third-order valence-corrected chi connectivity index (χ3v) is 5.02. The predicted molar refractivity (Wildman–Crippen MR) is 102 cm³/mol. The number of nitro groups is 1. The van der Waals surface area contributed by atoms with Crippen molar-refractivity contribution in [1.29, 1.82) is 0 Å². The van der Waals surface area contributed by atoms with E-state index in [9.17, 15) is 24.1 Å². The molecule has 0 spiro atoms. The van der Waals surface area contributed by atoms with Gasteiger partial charge in [-0.1, -0.05) is 18.2 Å². The van der Waals surface area contributed by atoms with Crippen LogP contribution in [-0.2, 0) is 16.0 Å². The highest BCUT2D eigenvalue weighted by atomic mass is 32.1. The Labute approximate surface area is 162 Å². The maximum absolute atomic E-state index is 13.5. The van der Waals surface area contributed by atoms with Crippen LogP contribution in [-0.4, -0.2) is 30.0 Å². The molecular formula is C19H15FN2O5S. The molecule has 0 aliphatic heterocycles. The fourth-order valence-corrected chi connectivity index (χ4v) is 3.47. The lowest BCUT2D eigenvalue weighted by atomic mass is 10.1. The lowest BCUT2D eigenvalue weighted by Crippen LogP contribution is -2.30. The quantitative estimate of drug-likeness (QED) is 0.371. The average molecular weight is 402 g/mol. The zero-order chi connectivity index (χ0) is 20.1. The van der Waals surface area contributed by atoms with E-state index >= 15 is 0 Å². The molecule has 1 aromatic heterocycles. The minimum Gasteiger partial charge on any atom is -0.451 e. The monoisotopic (exact) mass is 402 g/mol. The van der Waals surface area contributed by atoms with Gasteiger partial charge in [-0.2, -0.15) is 0 Å². The number of rotatable bonds is 7. The van der Waals surface area contributed by atoms with Crippen molar-refractivity contribution in [3.05, 3.63) is 74.9 Å². The van der Waals surface area contributed by atoms with Gasteiger partial charge in [-0.3, -0.25) is 14.9 Å². The number of esters is 1. The first-order valence-electron chi connectivity index (χ1n) is 8.29. The molecule has 1 N–H and O–H groups in total. The molecule has 0 aliphatic rings. The molecule has 0 atom stereocenters. The number of fused-ring (bicyclic) bond motifs is 1. The number of nitro benzene ring substituents is 1. The first kappa shape index (κ1) is 19.4. The van der Waals surface area contributed by atoms with Crippen molar-refractivity contribution in [2.75, 3.05) is 13.2 Å². The number of hydrogen-bond acceptors (Lipinski definition) is 6. The fourth-order valence-electron chi connectivity index (χ4n) is 2.54. The zero-order valence-corrected chi connectivity index (χ0v) is 15.3. The molecule has 7 nitrogen and oxygen atoms in total. The van der Waals surface area contributed by atoms with Gasteiger partial charge in [-0.25, -0.2) is 9.18 Å².